The molecule has 0 aliphatic carbocycles. The Morgan fingerprint density at radius 2 is 1.72 bits per heavy atom. The molecule has 25 heavy (non-hydrogen) atoms. The second kappa shape index (κ2) is 8.91. The van der Waals surface area contributed by atoms with Gasteiger partial charge in [0.05, 0.1) is 27.5 Å². The van der Waals surface area contributed by atoms with Crippen LogP contribution in [0.1, 0.15) is 20.3 Å². The summed E-state index contributed by atoms with van der Waals surface area (Å²) >= 11 is 0. The number of ether oxygens (including phenoxy) is 3. The highest BCUT2D eigenvalue weighted by atomic mass is 16.5. The van der Waals surface area contributed by atoms with E-state index in [2.05, 4.69) is 39.7 Å². The van der Waals surface area contributed by atoms with Crippen LogP contribution < -0.4 is 24.8 Å². The molecule has 0 aliphatic heterocycles. The van der Waals surface area contributed by atoms with E-state index in [9.17, 15) is 0 Å². The molecule has 0 spiro atoms. The topological polar surface area (TPSA) is 90.4 Å². The van der Waals surface area contributed by atoms with E-state index in [-0.39, 0.29) is 0 Å². The van der Waals surface area contributed by atoms with Gasteiger partial charge in [-0.25, -0.2) is 0 Å². The van der Waals surface area contributed by atoms with Gasteiger partial charge < -0.3 is 24.8 Å². The van der Waals surface area contributed by atoms with Crippen molar-refractivity contribution in [2.45, 2.75) is 20.3 Å². The maximum atomic E-state index is 5.35. The monoisotopic (exact) mass is 347 g/mol. The Morgan fingerprint density at radius 1 is 1.04 bits per heavy atom. The first-order valence-electron chi connectivity index (χ1n) is 8.08. The molecule has 0 aliphatic rings. The van der Waals surface area contributed by atoms with Gasteiger partial charge in [-0.15, -0.1) is 5.10 Å². The number of aromatic nitrogens is 3. The van der Waals surface area contributed by atoms with E-state index in [1.54, 1.807) is 39.7 Å². The van der Waals surface area contributed by atoms with Gasteiger partial charge in [-0.2, -0.15) is 10.1 Å². The van der Waals surface area contributed by atoms with Gasteiger partial charge in [-0.3, -0.25) is 0 Å². The summed E-state index contributed by atoms with van der Waals surface area (Å²) in [5.74, 6) is 3.31. The quantitative estimate of drug-likeness (QED) is 0.715. The van der Waals surface area contributed by atoms with Gasteiger partial charge in [-0.05, 0) is 12.3 Å². The Bertz CT molecular complexity index is 669. The number of rotatable bonds is 9. The smallest absolute Gasteiger partial charge is 0.244 e. The molecular weight excluding hydrogens is 322 g/mol. The fraction of sp³-hybridized carbons (Fsp3) is 0.471. The summed E-state index contributed by atoms with van der Waals surface area (Å²) in [4.78, 5) is 4.41. The first kappa shape index (κ1) is 18.6. The number of hydrogen-bond donors (Lipinski definition) is 2. The van der Waals surface area contributed by atoms with Crippen molar-refractivity contribution < 1.29 is 14.2 Å². The zero-order valence-electron chi connectivity index (χ0n) is 15.3. The lowest BCUT2D eigenvalue weighted by Crippen LogP contribution is -2.09. The molecule has 8 heteroatoms. The Morgan fingerprint density at radius 3 is 2.28 bits per heavy atom. The first-order valence-corrected chi connectivity index (χ1v) is 8.08. The Kier molecular flexibility index (Phi) is 6.62. The predicted octanol–water partition coefficient (Wildman–Crippen LogP) is 3.10. The zero-order chi connectivity index (χ0) is 18.2. The number of nitrogens with one attached hydrogen (secondary N) is 2. The van der Waals surface area contributed by atoms with Gasteiger partial charge in [0.1, 0.15) is 0 Å². The lowest BCUT2D eigenvalue weighted by molar-refractivity contribution is 0.324. The molecular formula is C17H25N5O3. The van der Waals surface area contributed by atoms with Crippen molar-refractivity contribution in [1.29, 1.82) is 0 Å². The van der Waals surface area contributed by atoms with Gasteiger partial charge >= 0.3 is 0 Å². The van der Waals surface area contributed by atoms with Crippen molar-refractivity contribution in [3.05, 3.63) is 18.3 Å². The summed E-state index contributed by atoms with van der Waals surface area (Å²) in [6.07, 6.45) is 2.59. The predicted molar refractivity (Wildman–Crippen MR) is 97.2 cm³/mol. The van der Waals surface area contributed by atoms with Crippen molar-refractivity contribution in [2.75, 3.05) is 38.5 Å². The van der Waals surface area contributed by atoms with Crippen molar-refractivity contribution in [2.24, 2.45) is 5.92 Å². The van der Waals surface area contributed by atoms with Crippen LogP contribution in [0.5, 0.6) is 17.2 Å². The molecule has 0 saturated heterocycles. The Balaban J connectivity index is 2.16. The summed E-state index contributed by atoms with van der Waals surface area (Å²) in [5, 5.41) is 14.3. The second-order valence-corrected chi connectivity index (χ2v) is 5.81. The van der Waals surface area contributed by atoms with Crippen LogP contribution in [-0.4, -0.2) is 43.1 Å². The molecule has 2 N–H and O–H groups in total. The zero-order valence-corrected chi connectivity index (χ0v) is 15.3. The summed E-state index contributed by atoms with van der Waals surface area (Å²) in [6, 6.07) is 3.60. The minimum absolute atomic E-state index is 0.484. The van der Waals surface area contributed by atoms with Crippen molar-refractivity contribution in [1.82, 2.24) is 15.2 Å². The third kappa shape index (κ3) is 5.10. The molecule has 0 saturated carbocycles. The van der Waals surface area contributed by atoms with Crippen LogP contribution in [-0.2, 0) is 0 Å². The molecule has 1 aromatic heterocycles. The molecule has 0 fully saturated rings. The molecule has 8 nitrogen and oxygen atoms in total. The number of hydrogen-bond acceptors (Lipinski definition) is 8. The highest BCUT2D eigenvalue weighted by Gasteiger charge is 2.13. The summed E-state index contributed by atoms with van der Waals surface area (Å²) in [6.45, 7) is 5.14. The highest BCUT2D eigenvalue weighted by Crippen LogP contribution is 2.40. The molecule has 0 unspecified atom stereocenters. The molecule has 0 bridgehead atoms. The van der Waals surface area contributed by atoms with Crippen LogP contribution in [0.25, 0.3) is 0 Å². The normalized spacial score (nSPS) is 10.5. The van der Waals surface area contributed by atoms with Crippen LogP contribution in [0.3, 0.4) is 0 Å². The van der Waals surface area contributed by atoms with E-state index in [1.807, 2.05) is 0 Å². The molecule has 1 aromatic carbocycles. The number of methoxy groups -OCH3 is 3. The lowest BCUT2D eigenvalue weighted by Gasteiger charge is -2.15. The van der Waals surface area contributed by atoms with Gasteiger partial charge in [0.25, 0.3) is 0 Å². The SMILES string of the molecule is COc1cc(Nc2cnnc(NCCC(C)C)n2)cc(OC)c1OC. The van der Waals surface area contributed by atoms with E-state index in [0.29, 0.717) is 34.9 Å². The van der Waals surface area contributed by atoms with Crippen molar-refractivity contribution in [3.63, 3.8) is 0 Å². The summed E-state index contributed by atoms with van der Waals surface area (Å²) < 4.78 is 16.0. The van der Waals surface area contributed by atoms with Crippen molar-refractivity contribution >= 4 is 17.5 Å². The van der Waals surface area contributed by atoms with E-state index >= 15 is 0 Å². The fourth-order valence-corrected chi connectivity index (χ4v) is 2.21. The van der Waals surface area contributed by atoms with Gasteiger partial charge in [0.15, 0.2) is 17.3 Å². The molecule has 0 radical (unpaired) electrons. The van der Waals surface area contributed by atoms with E-state index in [4.69, 9.17) is 14.2 Å². The third-order valence-electron chi connectivity index (χ3n) is 3.50. The minimum Gasteiger partial charge on any atom is -0.493 e. The molecule has 0 atom stereocenters. The maximum absolute atomic E-state index is 5.35. The van der Waals surface area contributed by atoms with Gasteiger partial charge in [-0.1, -0.05) is 13.8 Å². The lowest BCUT2D eigenvalue weighted by atomic mass is 10.1. The first-order chi connectivity index (χ1) is 12.1. The van der Waals surface area contributed by atoms with E-state index in [0.717, 1.165) is 18.7 Å². The second-order valence-electron chi connectivity index (χ2n) is 5.81. The van der Waals surface area contributed by atoms with Crippen LogP contribution >= 0.6 is 0 Å². The maximum Gasteiger partial charge on any atom is 0.244 e. The van der Waals surface area contributed by atoms with Gasteiger partial charge in [0, 0.05) is 24.4 Å². The molecule has 1 heterocycles. The summed E-state index contributed by atoms with van der Waals surface area (Å²) in [7, 11) is 4.71. The van der Waals surface area contributed by atoms with Crippen LogP contribution in [0, 0.1) is 5.92 Å². The van der Waals surface area contributed by atoms with Crippen LogP contribution in [0.2, 0.25) is 0 Å². The largest absolute Gasteiger partial charge is 0.493 e. The number of benzene rings is 1. The minimum atomic E-state index is 0.484. The molecule has 2 aromatic rings. The van der Waals surface area contributed by atoms with Crippen molar-refractivity contribution in [3.8, 4) is 17.2 Å². The van der Waals surface area contributed by atoms with Crippen LogP contribution in [0.15, 0.2) is 18.3 Å². The fourth-order valence-electron chi connectivity index (χ4n) is 2.21. The Hall–Kier alpha value is -2.77. The summed E-state index contributed by atoms with van der Waals surface area (Å²) in [5.41, 5.74) is 0.739. The number of nitrogens with zero attached hydrogens (tertiary/aromatic N) is 3. The average molecular weight is 347 g/mol. The third-order valence-corrected chi connectivity index (χ3v) is 3.50. The average Bonchev–Trinajstić information content (AvgIpc) is 2.60. The highest BCUT2D eigenvalue weighted by molar-refractivity contribution is 5.66. The van der Waals surface area contributed by atoms with Gasteiger partial charge in [0.2, 0.25) is 11.7 Å². The van der Waals surface area contributed by atoms with E-state index in [1.165, 1.54) is 0 Å². The Labute approximate surface area is 147 Å². The van der Waals surface area contributed by atoms with E-state index < -0.39 is 0 Å². The molecule has 136 valence electrons. The molecule has 2 rings (SSSR count). The standard InChI is InChI=1S/C17H25N5O3/c1-11(2)6-7-18-17-21-15(10-19-22-17)20-12-8-13(23-3)16(25-5)14(9-12)24-4/h8-11H,6-7H2,1-5H3,(H2,18,20,21,22). The van der Waals surface area contributed by atoms with Crippen LogP contribution in [0.4, 0.5) is 17.5 Å². The number of anilines is 3. The molecule has 0 amide bonds.